The molecule has 2 fully saturated rings. The number of nitrogens with zero attached hydrogens (tertiary/aromatic N) is 7. The Morgan fingerprint density at radius 1 is 0.936 bits per heavy atom. The van der Waals surface area contributed by atoms with Crippen molar-refractivity contribution >= 4 is 28.7 Å². The summed E-state index contributed by atoms with van der Waals surface area (Å²) in [7, 11) is 1.57. The van der Waals surface area contributed by atoms with Gasteiger partial charge in [-0.15, -0.1) is 0 Å². The largest absolute Gasteiger partial charge is 0.495 e. The number of fused-ring (bicyclic) bond motifs is 2. The molecule has 1 N–H and O–H groups in total. The smallest absolute Gasteiger partial charge is 0.334 e. The summed E-state index contributed by atoms with van der Waals surface area (Å²) >= 11 is 0. The quantitative estimate of drug-likeness (QED) is 0.273. The zero-order valence-corrected chi connectivity index (χ0v) is 25.7. The number of ether oxygens (including phenoxy) is 1. The van der Waals surface area contributed by atoms with Crippen LogP contribution in [0.2, 0.25) is 0 Å². The number of methoxy groups -OCH3 is 1. The average Bonchev–Trinajstić information content (AvgIpc) is 3.57. The lowest BCUT2D eigenvalue weighted by Crippen LogP contribution is -2.73. The number of piperazine rings is 1. The number of pyridine rings is 2. The third-order valence-corrected chi connectivity index (χ3v) is 8.35. The normalized spacial score (nSPS) is 16.8. The number of amides is 4. The van der Waals surface area contributed by atoms with Crippen molar-refractivity contribution in [1.82, 2.24) is 40.3 Å². The lowest BCUT2D eigenvalue weighted by Gasteiger charge is -2.52. The van der Waals surface area contributed by atoms with Crippen LogP contribution in [0.1, 0.15) is 16.9 Å². The molecule has 2 saturated heterocycles. The van der Waals surface area contributed by atoms with Gasteiger partial charge in [0.15, 0.2) is 5.76 Å². The van der Waals surface area contributed by atoms with Crippen LogP contribution in [0.4, 0.5) is 4.79 Å². The zero-order chi connectivity index (χ0) is 32.3. The molecule has 13 nitrogen and oxygen atoms in total. The highest BCUT2D eigenvalue weighted by Gasteiger charge is 2.47. The summed E-state index contributed by atoms with van der Waals surface area (Å²) in [5.41, 5.74) is 3.77. The molecule has 238 valence electrons. The van der Waals surface area contributed by atoms with E-state index in [1.807, 2.05) is 60.7 Å². The highest BCUT2D eigenvalue weighted by atomic mass is 16.5. The number of hydrazine groups is 1. The summed E-state index contributed by atoms with van der Waals surface area (Å²) < 4.78 is 10.8. The molecule has 0 aliphatic carbocycles. The lowest BCUT2D eigenvalue weighted by atomic mass is 10.1. The van der Waals surface area contributed by atoms with Gasteiger partial charge in [-0.1, -0.05) is 53.7 Å². The fourth-order valence-electron chi connectivity index (χ4n) is 5.98. The molecule has 4 amide bonds. The lowest BCUT2D eigenvalue weighted by molar-refractivity contribution is -0.184. The predicted molar refractivity (Wildman–Crippen MR) is 170 cm³/mol. The number of benzene rings is 2. The monoisotopic (exact) mass is 632 g/mol. The summed E-state index contributed by atoms with van der Waals surface area (Å²) in [6, 6.07) is 24.1. The fraction of sp³-hybridized carbons (Fsp3) is 0.235. The van der Waals surface area contributed by atoms with Crippen LogP contribution >= 0.6 is 0 Å². The number of hydrogen-bond donors (Lipinski definition) is 1. The Labute approximate surface area is 270 Å². The van der Waals surface area contributed by atoms with Crippen LogP contribution in [0.25, 0.3) is 22.3 Å². The van der Waals surface area contributed by atoms with Gasteiger partial charge in [-0.3, -0.25) is 19.6 Å². The van der Waals surface area contributed by atoms with Gasteiger partial charge in [0.1, 0.15) is 24.2 Å². The molecule has 0 spiro atoms. The molecule has 13 heteroatoms. The van der Waals surface area contributed by atoms with Crippen molar-refractivity contribution in [3.05, 3.63) is 108 Å². The van der Waals surface area contributed by atoms with E-state index in [9.17, 15) is 14.4 Å². The highest BCUT2D eigenvalue weighted by molar-refractivity contribution is 5.89. The zero-order valence-electron chi connectivity index (χ0n) is 25.7. The Morgan fingerprint density at radius 2 is 1.81 bits per heavy atom. The van der Waals surface area contributed by atoms with E-state index >= 15 is 0 Å². The molecule has 2 aliphatic heterocycles. The molecule has 0 bridgehead atoms. The summed E-state index contributed by atoms with van der Waals surface area (Å²) in [6.07, 6.45) is 2.57. The Balaban J connectivity index is 1.16. The minimum absolute atomic E-state index is 0.0843. The molecular formula is C34H32N8O5. The predicted octanol–water partition coefficient (Wildman–Crippen LogP) is 3.43. The van der Waals surface area contributed by atoms with Crippen LogP contribution in [-0.2, 0) is 29.2 Å². The Bertz CT molecular complexity index is 1910. The Morgan fingerprint density at radius 3 is 2.62 bits per heavy atom. The second-order valence-electron chi connectivity index (χ2n) is 11.3. The number of rotatable bonds is 8. The average molecular weight is 633 g/mol. The van der Waals surface area contributed by atoms with Crippen LogP contribution in [0.15, 0.2) is 95.8 Å². The first-order valence-electron chi connectivity index (χ1n) is 15.2. The number of nitrogens with one attached hydrogen (secondary N) is 1. The van der Waals surface area contributed by atoms with E-state index in [0.717, 1.165) is 22.0 Å². The standard InChI is InChI=1S/C34H32N8O5/c1-46-25-12-13-29(36-17-25)30-15-26(47-38-30)19-40-21-33(44)41-22-32(43)39(18-24-9-5-11-28-27(24)10-6-14-35-28)20-31(41)42(40)34(45)37-16-23-7-3-2-4-8-23/h2-15,17,31H,16,18-22H2,1H3,(H,37,45). The number of hydrogen-bond acceptors (Lipinski definition) is 9. The Kier molecular flexibility index (Phi) is 8.19. The van der Waals surface area contributed by atoms with Gasteiger partial charge < -0.3 is 24.4 Å². The van der Waals surface area contributed by atoms with Gasteiger partial charge in [0.2, 0.25) is 11.8 Å². The molecule has 2 aliphatic rings. The summed E-state index contributed by atoms with van der Waals surface area (Å²) in [5, 5.41) is 11.3. The Hall–Kier alpha value is -5.82. The van der Waals surface area contributed by atoms with E-state index in [1.54, 1.807) is 47.6 Å². The SMILES string of the molecule is COc1ccc(-c2cc(CN3CC(=O)N4CC(=O)N(Cc5cccc6ncccc56)CC4N3C(=O)NCc3ccccc3)on2)nc1. The van der Waals surface area contributed by atoms with Crippen LogP contribution in [0.5, 0.6) is 5.75 Å². The first-order chi connectivity index (χ1) is 23.0. The first kappa shape index (κ1) is 29.9. The van der Waals surface area contributed by atoms with Gasteiger partial charge >= 0.3 is 6.03 Å². The summed E-state index contributed by atoms with van der Waals surface area (Å²) in [6.45, 7) is 0.522. The minimum atomic E-state index is -0.747. The molecule has 47 heavy (non-hydrogen) atoms. The van der Waals surface area contributed by atoms with Gasteiger partial charge in [-0.05, 0) is 35.4 Å². The number of carbonyl (C=O) groups is 3. The van der Waals surface area contributed by atoms with E-state index < -0.39 is 12.2 Å². The maximum Gasteiger partial charge on any atom is 0.334 e. The maximum absolute atomic E-state index is 14.0. The molecule has 7 rings (SSSR count). The van der Waals surface area contributed by atoms with Gasteiger partial charge in [0, 0.05) is 30.7 Å². The van der Waals surface area contributed by atoms with E-state index in [1.165, 1.54) is 9.91 Å². The van der Waals surface area contributed by atoms with Crippen molar-refractivity contribution < 1.29 is 23.6 Å². The number of carbonyl (C=O) groups excluding carboxylic acids is 3. The van der Waals surface area contributed by atoms with Crippen molar-refractivity contribution in [3.8, 4) is 17.1 Å². The van der Waals surface area contributed by atoms with Crippen molar-refractivity contribution in [2.45, 2.75) is 25.8 Å². The number of urea groups is 1. The molecular weight excluding hydrogens is 600 g/mol. The van der Waals surface area contributed by atoms with Gasteiger partial charge in [0.25, 0.3) is 0 Å². The maximum atomic E-state index is 14.0. The third-order valence-electron chi connectivity index (χ3n) is 8.35. The minimum Gasteiger partial charge on any atom is -0.495 e. The van der Waals surface area contributed by atoms with Crippen LogP contribution in [0, 0.1) is 0 Å². The highest BCUT2D eigenvalue weighted by Crippen LogP contribution is 2.28. The van der Waals surface area contributed by atoms with Crippen molar-refractivity contribution in [1.29, 1.82) is 0 Å². The van der Waals surface area contributed by atoms with Gasteiger partial charge in [0.05, 0.1) is 44.2 Å². The molecule has 0 saturated carbocycles. The van der Waals surface area contributed by atoms with Crippen molar-refractivity contribution in [3.63, 3.8) is 0 Å². The molecule has 1 atom stereocenters. The summed E-state index contributed by atoms with van der Waals surface area (Å²) in [4.78, 5) is 52.9. The van der Waals surface area contributed by atoms with E-state index in [0.29, 0.717) is 29.4 Å². The third kappa shape index (κ3) is 6.20. The number of aromatic nitrogens is 3. The van der Waals surface area contributed by atoms with E-state index in [-0.39, 0.29) is 44.5 Å². The molecule has 3 aromatic heterocycles. The van der Waals surface area contributed by atoms with Crippen molar-refractivity contribution in [2.24, 2.45) is 0 Å². The second-order valence-corrected chi connectivity index (χ2v) is 11.3. The first-order valence-corrected chi connectivity index (χ1v) is 15.2. The van der Waals surface area contributed by atoms with Crippen LogP contribution < -0.4 is 10.1 Å². The molecule has 1 unspecified atom stereocenters. The van der Waals surface area contributed by atoms with Crippen LogP contribution in [-0.4, -0.2) is 85.7 Å². The molecule has 0 radical (unpaired) electrons. The van der Waals surface area contributed by atoms with Crippen LogP contribution in [0.3, 0.4) is 0 Å². The second kappa shape index (κ2) is 12.9. The fourth-order valence-corrected chi connectivity index (χ4v) is 5.98. The van der Waals surface area contributed by atoms with Gasteiger partial charge in [-0.25, -0.2) is 9.80 Å². The van der Waals surface area contributed by atoms with E-state index in [2.05, 4.69) is 20.4 Å². The van der Waals surface area contributed by atoms with Crippen molar-refractivity contribution in [2.75, 3.05) is 26.7 Å². The topological polar surface area (TPSA) is 137 Å². The molecule has 5 aromatic rings. The van der Waals surface area contributed by atoms with Gasteiger partial charge in [-0.2, -0.15) is 5.01 Å². The van der Waals surface area contributed by atoms with E-state index in [4.69, 9.17) is 9.26 Å². The summed E-state index contributed by atoms with van der Waals surface area (Å²) in [5.74, 6) is 0.594. The molecule has 2 aromatic carbocycles. The molecule has 5 heterocycles.